The van der Waals surface area contributed by atoms with Gasteiger partial charge >= 0.3 is 16.5 Å². The van der Waals surface area contributed by atoms with E-state index in [1.165, 1.54) is 5.56 Å². The van der Waals surface area contributed by atoms with Crippen molar-refractivity contribution in [3.63, 3.8) is 0 Å². The summed E-state index contributed by atoms with van der Waals surface area (Å²) >= 11 is 0. The third-order valence-corrected chi connectivity index (χ3v) is 5.80. The first-order valence-corrected chi connectivity index (χ1v) is 9.54. The largest absolute Gasteiger partial charge is 2.00 e. The zero-order valence-electron chi connectivity index (χ0n) is 16.8. The number of hydrogen-bond donors (Lipinski definition) is 2. The van der Waals surface area contributed by atoms with E-state index in [-0.39, 0.29) is 16.5 Å². The molecule has 2 aliphatic rings. The average Bonchev–Trinajstić information content (AvgIpc) is 3.49. The van der Waals surface area contributed by atoms with Crippen molar-refractivity contribution >= 4 is 46.4 Å². The van der Waals surface area contributed by atoms with Gasteiger partial charge in [0.05, 0.1) is 22.8 Å². The van der Waals surface area contributed by atoms with Gasteiger partial charge in [-0.1, -0.05) is 0 Å². The molecule has 3 aromatic rings. The van der Waals surface area contributed by atoms with Crippen molar-refractivity contribution in [1.82, 2.24) is 19.9 Å². The molecule has 3 aromatic heterocycles. The van der Waals surface area contributed by atoms with Crippen molar-refractivity contribution in [3.8, 4) is 0 Å². The van der Waals surface area contributed by atoms with Gasteiger partial charge in [0.1, 0.15) is 0 Å². The molecule has 5 heterocycles. The zero-order chi connectivity index (χ0) is 19.4. The Bertz CT molecular complexity index is 1250. The SMILES string of the molecule is Cc1c2nc(c(C)c3ccc([nH]3)c(C)c3ccc([nH]3)c(C)c3nc1C=C3)C=C2.[Ni+2]. The Kier molecular flexibility index (Phi) is 4.80. The monoisotopic (exact) mass is 424 g/mol. The van der Waals surface area contributed by atoms with Crippen molar-refractivity contribution in [2.24, 2.45) is 0 Å². The maximum absolute atomic E-state index is 4.86. The first-order valence-electron chi connectivity index (χ1n) is 9.54. The number of rotatable bonds is 0. The molecular weight excluding hydrogens is 403 g/mol. The Morgan fingerprint density at radius 2 is 0.793 bits per heavy atom. The quantitative estimate of drug-likeness (QED) is 0.304. The molecule has 0 amide bonds. The van der Waals surface area contributed by atoms with Crippen LogP contribution < -0.4 is 0 Å². The number of aromatic nitrogens is 4. The molecule has 0 aliphatic carbocycles. The zero-order valence-corrected chi connectivity index (χ0v) is 17.8. The summed E-state index contributed by atoms with van der Waals surface area (Å²) < 4.78 is 0. The third kappa shape index (κ3) is 3.16. The molecule has 0 saturated heterocycles. The smallest absolute Gasteiger partial charge is 0.355 e. The van der Waals surface area contributed by atoms with Gasteiger partial charge in [0, 0.05) is 27.6 Å². The topological polar surface area (TPSA) is 57.4 Å². The number of hydrogen-bond acceptors (Lipinski definition) is 2. The van der Waals surface area contributed by atoms with Crippen LogP contribution >= 0.6 is 0 Å². The second-order valence-electron chi connectivity index (χ2n) is 7.50. The number of nitrogens with zero attached hydrogens (tertiary/aromatic N) is 2. The molecule has 29 heavy (non-hydrogen) atoms. The van der Waals surface area contributed by atoms with Crippen molar-refractivity contribution in [3.05, 3.63) is 69.3 Å². The van der Waals surface area contributed by atoms with Crippen LogP contribution in [-0.4, -0.2) is 19.9 Å². The van der Waals surface area contributed by atoms with Crippen LogP contribution in [0.1, 0.15) is 45.0 Å². The standard InChI is InChI=1S/C24H22N4.Ni/c1-13-17-5-7-19(25-17)14(2)21-9-11-23(27-21)16(4)24-12-10-22(28-24)15(3)20-8-6-18(13)26-20;/h5-12,25-26H,1-4H3;/q;+2. The van der Waals surface area contributed by atoms with Gasteiger partial charge in [-0.2, -0.15) is 0 Å². The summed E-state index contributed by atoms with van der Waals surface area (Å²) in [6.07, 6.45) is 8.33. The molecule has 146 valence electrons. The van der Waals surface area contributed by atoms with E-state index < -0.39 is 0 Å². The summed E-state index contributed by atoms with van der Waals surface area (Å²) in [4.78, 5) is 16.8. The number of aromatic amines is 2. The summed E-state index contributed by atoms with van der Waals surface area (Å²) in [5.41, 5.74) is 12.9. The van der Waals surface area contributed by atoms with E-state index in [0.717, 1.165) is 61.5 Å². The second kappa shape index (κ2) is 7.16. The molecule has 0 aromatic carbocycles. The van der Waals surface area contributed by atoms with E-state index in [1.807, 2.05) is 0 Å². The van der Waals surface area contributed by atoms with Gasteiger partial charge < -0.3 is 9.97 Å². The Labute approximate surface area is 179 Å². The minimum absolute atomic E-state index is 0. The average molecular weight is 425 g/mol. The van der Waals surface area contributed by atoms with Crippen LogP contribution in [0.2, 0.25) is 0 Å². The third-order valence-electron chi connectivity index (χ3n) is 5.80. The molecule has 4 nitrogen and oxygen atoms in total. The van der Waals surface area contributed by atoms with Gasteiger partial charge in [0.25, 0.3) is 0 Å². The van der Waals surface area contributed by atoms with E-state index in [9.17, 15) is 0 Å². The first-order chi connectivity index (χ1) is 13.5. The Morgan fingerprint density at radius 3 is 1.17 bits per heavy atom. The first kappa shape index (κ1) is 19.4. The van der Waals surface area contributed by atoms with Crippen molar-refractivity contribution in [2.75, 3.05) is 0 Å². The fraction of sp³-hybridized carbons (Fsp3) is 0.167. The van der Waals surface area contributed by atoms with E-state index in [2.05, 4.69) is 86.2 Å². The van der Waals surface area contributed by atoms with Gasteiger partial charge in [-0.25, -0.2) is 9.97 Å². The molecule has 0 radical (unpaired) electrons. The summed E-state index contributed by atoms with van der Waals surface area (Å²) in [7, 11) is 0. The van der Waals surface area contributed by atoms with Crippen LogP contribution in [0.4, 0.5) is 0 Å². The molecule has 0 fully saturated rings. The minimum atomic E-state index is 0. The van der Waals surface area contributed by atoms with Gasteiger partial charge in [0.15, 0.2) is 0 Å². The van der Waals surface area contributed by atoms with Crippen LogP contribution in [0.3, 0.4) is 0 Å². The molecule has 8 bridgehead atoms. The van der Waals surface area contributed by atoms with Crippen LogP contribution in [-0.2, 0) is 16.5 Å². The Morgan fingerprint density at radius 1 is 0.483 bits per heavy atom. The van der Waals surface area contributed by atoms with Crippen LogP contribution in [0.5, 0.6) is 0 Å². The van der Waals surface area contributed by atoms with Gasteiger partial charge in [-0.15, -0.1) is 0 Å². The summed E-state index contributed by atoms with van der Waals surface area (Å²) in [5.74, 6) is 0. The number of fused-ring (bicyclic) bond motifs is 8. The maximum atomic E-state index is 4.86. The molecule has 0 atom stereocenters. The van der Waals surface area contributed by atoms with E-state index >= 15 is 0 Å². The Hall–Kier alpha value is -2.91. The number of aryl methyl sites for hydroxylation is 3. The van der Waals surface area contributed by atoms with Gasteiger partial charge in [-0.3, -0.25) is 0 Å². The van der Waals surface area contributed by atoms with Crippen LogP contribution in [0, 0.1) is 27.7 Å². The summed E-state index contributed by atoms with van der Waals surface area (Å²) in [6, 6.07) is 8.52. The molecule has 0 saturated carbocycles. The van der Waals surface area contributed by atoms with Crippen molar-refractivity contribution < 1.29 is 16.5 Å². The fourth-order valence-electron chi connectivity index (χ4n) is 3.78. The summed E-state index contributed by atoms with van der Waals surface area (Å²) in [5, 5.41) is 0. The number of H-pyrrole nitrogens is 2. The van der Waals surface area contributed by atoms with Gasteiger partial charge in [0.2, 0.25) is 0 Å². The van der Waals surface area contributed by atoms with Crippen molar-refractivity contribution in [2.45, 2.75) is 27.7 Å². The second-order valence-corrected chi connectivity index (χ2v) is 7.50. The predicted molar refractivity (Wildman–Crippen MR) is 118 cm³/mol. The van der Waals surface area contributed by atoms with E-state index in [1.54, 1.807) is 0 Å². The normalized spacial score (nSPS) is 12.3. The molecule has 0 spiro atoms. The predicted octanol–water partition coefficient (Wildman–Crippen LogP) is 5.89. The molecule has 2 aliphatic heterocycles. The molecule has 5 heteroatoms. The molecule has 2 N–H and O–H groups in total. The van der Waals surface area contributed by atoms with E-state index in [4.69, 9.17) is 9.97 Å². The van der Waals surface area contributed by atoms with Crippen LogP contribution in [0.15, 0.2) is 24.3 Å². The molecular formula is C24H22N4Ni+2. The number of nitrogens with one attached hydrogen (secondary N) is 2. The van der Waals surface area contributed by atoms with Crippen molar-refractivity contribution in [1.29, 1.82) is 0 Å². The molecule has 0 unspecified atom stereocenters. The van der Waals surface area contributed by atoms with Gasteiger partial charge in [-0.05, 0) is 93.0 Å². The van der Waals surface area contributed by atoms with Crippen LogP contribution in [0.25, 0.3) is 46.4 Å². The summed E-state index contributed by atoms with van der Waals surface area (Å²) in [6.45, 7) is 8.44. The van der Waals surface area contributed by atoms with E-state index in [0.29, 0.717) is 0 Å². The minimum Gasteiger partial charge on any atom is -0.355 e. The molecule has 5 rings (SSSR count). The maximum Gasteiger partial charge on any atom is 2.00 e. The Balaban J connectivity index is 0.00000205. The fourth-order valence-corrected chi connectivity index (χ4v) is 3.78.